The standard InChI is InChI=1S/C15H20O4/c1-7(2)15(17)18-8(3)4-9-10-5-12(16)11-6-13(9)19-14(10)11/h8-11,13-14H,1,4-6H2,2-3H3/t8?,9?,10?,11?,13-,14?/m0/s1. The summed E-state index contributed by atoms with van der Waals surface area (Å²) < 4.78 is 11.3. The molecule has 3 aliphatic rings. The summed E-state index contributed by atoms with van der Waals surface area (Å²) in [5, 5.41) is 0. The van der Waals surface area contributed by atoms with Gasteiger partial charge in [-0.15, -0.1) is 0 Å². The van der Waals surface area contributed by atoms with Crippen LogP contribution in [0.5, 0.6) is 0 Å². The molecule has 104 valence electrons. The molecule has 0 aromatic carbocycles. The Bertz CT molecular complexity index is 441. The zero-order chi connectivity index (χ0) is 13.7. The van der Waals surface area contributed by atoms with E-state index in [9.17, 15) is 9.59 Å². The molecule has 2 saturated heterocycles. The van der Waals surface area contributed by atoms with Gasteiger partial charge in [0, 0.05) is 17.9 Å². The molecule has 2 bridgehead atoms. The molecular formula is C15H20O4. The second kappa shape index (κ2) is 4.44. The Morgan fingerprint density at radius 3 is 3.00 bits per heavy atom. The van der Waals surface area contributed by atoms with E-state index in [1.54, 1.807) is 6.92 Å². The third kappa shape index (κ3) is 2.02. The van der Waals surface area contributed by atoms with Gasteiger partial charge in [0.05, 0.1) is 18.3 Å². The van der Waals surface area contributed by atoms with Crippen LogP contribution in [-0.4, -0.2) is 30.1 Å². The molecule has 2 heterocycles. The van der Waals surface area contributed by atoms with Gasteiger partial charge in [0.15, 0.2) is 0 Å². The maximum absolute atomic E-state index is 11.8. The van der Waals surface area contributed by atoms with Crippen LogP contribution in [0.15, 0.2) is 12.2 Å². The second-order valence-electron chi connectivity index (χ2n) is 6.21. The van der Waals surface area contributed by atoms with Gasteiger partial charge in [-0.05, 0) is 38.5 Å². The molecule has 0 aromatic rings. The maximum atomic E-state index is 11.8. The number of carbonyl (C=O) groups excluding carboxylic acids is 2. The van der Waals surface area contributed by atoms with Crippen molar-refractivity contribution in [1.82, 2.24) is 0 Å². The minimum absolute atomic E-state index is 0.145. The van der Waals surface area contributed by atoms with Gasteiger partial charge in [-0.2, -0.15) is 0 Å². The van der Waals surface area contributed by atoms with Gasteiger partial charge in [-0.25, -0.2) is 4.79 Å². The molecule has 2 aliphatic heterocycles. The van der Waals surface area contributed by atoms with Crippen molar-refractivity contribution in [3.8, 4) is 0 Å². The SMILES string of the molecule is C=C(C)C(=O)OC(C)CC1C2CC(=O)C3C[C@@H]1OC32. The highest BCUT2D eigenvalue weighted by Gasteiger charge is 2.60. The molecule has 0 spiro atoms. The Morgan fingerprint density at radius 2 is 2.32 bits per heavy atom. The van der Waals surface area contributed by atoms with Crippen LogP contribution < -0.4 is 0 Å². The zero-order valence-electron chi connectivity index (χ0n) is 11.4. The first-order chi connectivity index (χ1) is 8.97. The highest BCUT2D eigenvalue weighted by atomic mass is 16.5. The van der Waals surface area contributed by atoms with Crippen LogP contribution in [-0.2, 0) is 19.1 Å². The van der Waals surface area contributed by atoms with E-state index in [-0.39, 0.29) is 30.2 Å². The van der Waals surface area contributed by atoms with E-state index >= 15 is 0 Å². The molecular weight excluding hydrogens is 244 g/mol. The van der Waals surface area contributed by atoms with Crippen LogP contribution >= 0.6 is 0 Å². The van der Waals surface area contributed by atoms with Gasteiger partial charge in [0.2, 0.25) is 0 Å². The molecule has 19 heavy (non-hydrogen) atoms. The number of ether oxygens (including phenoxy) is 2. The van der Waals surface area contributed by atoms with Crippen molar-refractivity contribution in [2.24, 2.45) is 17.8 Å². The van der Waals surface area contributed by atoms with E-state index in [4.69, 9.17) is 9.47 Å². The number of esters is 1. The number of rotatable bonds is 4. The normalized spacial score (nSPS) is 40.5. The Morgan fingerprint density at radius 1 is 1.58 bits per heavy atom. The molecule has 4 nitrogen and oxygen atoms in total. The summed E-state index contributed by atoms with van der Waals surface area (Å²) in [6, 6.07) is 0. The van der Waals surface area contributed by atoms with E-state index in [1.807, 2.05) is 6.92 Å². The van der Waals surface area contributed by atoms with Gasteiger partial charge >= 0.3 is 5.97 Å². The van der Waals surface area contributed by atoms with Crippen LogP contribution in [0, 0.1) is 17.8 Å². The summed E-state index contributed by atoms with van der Waals surface area (Å²) in [4.78, 5) is 23.3. The first-order valence-electron chi connectivity index (χ1n) is 7.02. The molecule has 1 saturated carbocycles. The molecule has 0 aromatic heterocycles. The highest BCUT2D eigenvalue weighted by Crippen LogP contribution is 2.55. The van der Waals surface area contributed by atoms with Gasteiger partial charge in [-0.3, -0.25) is 4.79 Å². The molecule has 3 fully saturated rings. The lowest BCUT2D eigenvalue weighted by Crippen LogP contribution is -2.30. The quantitative estimate of drug-likeness (QED) is 0.574. The monoisotopic (exact) mass is 264 g/mol. The van der Waals surface area contributed by atoms with Crippen molar-refractivity contribution in [3.63, 3.8) is 0 Å². The molecule has 0 radical (unpaired) electrons. The first kappa shape index (κ1) is 12.9. The predicted octanol–water partition coefficient (Wildman–Crippen LogP) is 1.88. The van der Waals surface area contributed by atoms with E-state index in [0.717, 1.165) is 12.8 Å². The smallest absolute Gasteiger partial charge is 0.333 e. The Kier molecular flexibility index (Phi) is 3.01. The van der Waals surface area contributed by atoms with Crippen LogP contribution in [0.3, 0.4) is 0 Å². The van der Waals surface area contributed by atoms with E-state index in [2.05, 4.69) is 6.58 Å². The Labute approximate surface area is 113 Å². The summed E-state index contributed by atoms with van der Waals surface area (Å²) in [5.41, 5.74) is 0.423. The van der Waals surface area contributed by atoms with Crippen molar-refractivity contribution in [2.45, 2.75) is 51.4 Å². The third-order valence-electron chi connectivity index (χ3n) is 4.78. The topological polar surface area (TPSA) is 52.6 Å². The number of hydrogen-bond acceptors (Lipinski definition) is 4. The fourth-order valence-electron chi connectivity index (χ4n) is 3.94. The van der Waals surface area contributed by atoms with Gasteiger partial charge in [0.25, 0.3) is 0 Å². The average molecular weight is 264 g/mol. The lowest BCUT2D eigenvalue weighted by molar-refractivity contribution is -0.144. The van der Waals surface area contributed by atoms with Gasteiger partial charge in [0.1, 0.15) is 5.78 Å². The molecule has 4 heteroatoms. The summed E-state index contributed by atoms with van der Waals surface area (Å²) in [5.74, 6) is 0.894. The zero-order valence-corrected chi connectivity index (χ0v) is 11.4. The Hall–Kier alpha value is -1.16. The van der Waals surface area contributed by atoms with Crippen molar-refractivity contribution in [1.29, 1.82) is 0 Å². The van der Waals surface area contributed by atoms with E-state index in [1.165, 1.54) is 0 Å². The van der Waals surface area contributed by atoms with E-state index in [0.29, 0.717) is 29.6 Å². The van der Waals surface area contributed by atoms with Crippen LogP contribution in [0.2, 0.25) is 0 Å². The highest BCUT2D eigenvalue weighted by molar-refractivity contribution is 5.87. The number of carbonyl (C=O) groups is 2. The Balaban J connectivity index is 1.61. The molecule has 5 unspecified atom stereocenters. The number of ketones is 1. The molecule has 0 N–H and O–H groups in total. The summed E-state index contributed by atoms with van der Waals surface area (Å²) in [7, 11) is 0. The van der Waals surface area contributed by atoms with Gasteiger partial charge < -0.3 is 9.47 Å². The lowest BCUT2D eigenvalue weighted by atomic mass is 9.77. The van der Waals surface area contributed by atoms with Crippen LogP contribution in [0.4, 0.5) is 0 Å². The summed E-state index contributed by atoms with van der Waals surface area (Å²) >= 11 is 0. The fraction of sp³-hybridized carbons (Fsp3) is 0.733. The fourth-order valence-corrected chi connectivity index (χ4v) is 3.94. The molecule has 3 rings (SSSR count). The second-order valence-corrected chi connectivity index (χ2v) is 6.21. The van der Waals surface area contributed by atoms with Gasteiger partial charge in [-0.1, -0.05) is 6.58 Å². The third-order valence-corrected chi connectivity index (χ3v) is 4.78. The van der Waals surface area contributed by atoms with Crippen molar-refractivity contribution in [3.05, 3.63) is 12.2 Å². The molecule has 6 atom stereocenters. The van der Waals surface area contributed by atoms with Crippen molar-refractivity contribution >= 4 is 11.8 Å². The molecule has 0 amide bonds. The van der Waals surface area contributed by atoms with Crippen molar-refractivity contribution in [2.75, 3.05) is 0 Å². The minimum atomic E-state index is -0.336. The van der Waals surface area contributed by atoms with Crippen LogP contribution in [0.25, 0.3) is 0 Å². The van der Waals surface area contributed by atoms with Crippen molar-refractivity contribution < 1.29 is 19.1 Å². The summed E-state index contributed by atoms with van der Waals surface area (Å²) in [6.07, 6.45) is 2.49. The molecule has 1 aliphatic carbocycles. The summed E-state index contributed by atoms with van der Waals surface area (Å²) in [6.45, 7) is 7.13. The maximum Gasteiger partial charge on any atom is 0.333 e. The lowest BCUT2D eigenvalue weighted by Gasteiger charge is -2.26. The average Bonchev–Trinajstić information content (AvgIpc) is 2.93. The predicted molar refractivity (Wildman–Crippen MR) is 68.4 cm³/mol. The number of hydrogen-bond donors (Lipinski definition) is 0. The number of Topliss-reactive ketones (excluding diaryl/α,β-unsaturated/α-hetero) is 1. The number of fused-ring (bicyclic) bond motifs is 1. The minimum Gasteiger partial charge on any atom is -0.459 e. The van der Waals surface area contributed by atoms with Crippen LogP contribution in [0.1, 0.15) is 33.1 Å². The first-order valence-corrected chi connectivity index (χ1v) is 7.02. The van der Waals surface area contributed by atoms with E-state index < -0.39 is 0 Å². The largest absolute Gasteiger partial charge is 0.459 e.